The lowest BCUT2D eigenvalue weighted by molar-refractivity contribution is -0.127. The fraction of sp³-hybridized carbons (Fsp3) is 0.545. The summed E-state index contributed by atoms with van der Waals surface area (Å²) in [5.74, 6) is 0.280. The van der Waals surface area contributed by atoms with Gasteiger partial charge in [0.05, 0.1) is 11.8 Å². The fourth-order valence-electron chi connectivity index (χ4n) is 1.86. The van der Waals surface area contributed by atoms with Crippen LogP contribution in [0.4, 0.5) is 0 Å². The minimum Gasteiger partial charge on any atom is -0.328 e. The average molecular weight is 267 g/mol. The summed E-state index contributed by atoms with van der Waals surface area (Å²) in [7, 11) is 0. The van der Waals surface area contributed by atoms with Gasteiger partial charge in [-0.2, -0.15) is 5.26 Å². The molecule has 0 spiro atoms. The molecule has 2 heterocycles. The van der Waals surface area contributed by atoms with Crippen LogP contribution in [0.2, 0.25) is 0 Å². The number of nitrogens with zero attached hydrogens (tertiary/aromatic N) is 3. The van der Waals surface area contributed by atoms with Crippen LogP contribution < -0.4 is 0 Å². The molecule has 90 valence electrons. The van der Waals surface area contributed by atoms with Crippen LogP contribution >= 0.6 is 23.1 Å². The van der Waals surface area contributed by atoms with Crippen LogP contribution in [0.15, 0.2) is 5.38 Å². The lowest BCUT2D eigenvalue weighted by Crippen LogP contribution is -2.35. The van der Waals surface area contributed by atoms with E-state index in [1.807, 2.05) is 19.2 Å². The molecular formula is C11H13N3OS2. The van der Waals surface area contributed by atoms with Crippen molar-refractivity contribution in [3.63, 3.8) is 0 Å². The van der Waals surface area contributed by atoms with Crippen molar-refractivity contribution in [3.05, 3.63) is 16.1 Å². The molecule has 2 rings (SSSR count). The second-order valence-electron chi connectivity index (χ2n) is 3.82. The highest BCUT2D eigenvalue weighted by molar-refractivity contribution is 8.01. The van der Waals surface area contributed by atoms with E-state index in [1.165, 1.54) is 11.3 Å². The predicted octanol–water partition coefficient (Wildman–Crippen LogP) is 1.98. The largest absolute Gasteiger partial charge is 0.328 e. The van der Waals surface area contributed by atoms with Crippen LogP contribution in [-0.4, -0.2) is 33.5 Å². The summed E-state index contributed by atoms with van der Waals surface area (Å²) in [5.41, 5.74) is 0.933. The Morgan fingerprint density at radius 2 is 2.53 bits per heavy atom. The standard InChI is InChI=1S/C11H13N3OS2/c1-3-14-9(15)6-17-11(14)8(4-12)10-13-7(2)5-16-10/h5,8,11H,3,6H2,1-2H3/t8?,11-/m0/s1. The summed E-state index contributed by atoms with van der Waals surface area (Å²) < 4.78 is 0. The Morgan fingerprint density at radius 1 is 1.76 bits per heavy atom. The van der Waals surface area contributed by atoms with E-state index < -0.39 is 0 Å². The summed E-state index contributed by atoms with van der Waals surface area (Å²) in [4.78, 5) is 17.8. The zero-order chi connectivity index (χ0) is 12.4. The number of rotatable bonds is 3. The number of nitriles is 1. The highest BCUT2D eigenvalue weighted by Crippen LogP contribution is 2.36. The minimum atomic E-state index is -0.315. The third-order valence-electron chi connectivity index (χ3n) is 2.67. The Hall–Kier alpha value is -1.06. The lowest BCUT2D eigenvalue weighted by atomic mass is 10.1. The first-order valence-electron chi connectivity index (χ1n) is 5.40. The second-order valence-corrected chi connectivity index (χ2v) is 5.81. The summed E-state index contributed by atoms with van der Waals surface area (Å²) in [6.07, 6.45) is 0. The number of hydrogen-bond acceptors (Lipinski definition) is 5. The van der Waals surface area contributed by atoms with Crippen LogP contribution in [0, 0.1) is 18.3 Å². The van der Waals surface area contributed by atoms with Gasteiger partial charge in [0.15, 0.2) is 0 Å². The van der Waals surface area contributed by atoms with Crippen molar-refractivity contribution in [2.24, 2.45) is 0 Å². The number of amides is 1. The minimum absolute atomic E-state index is 0.0805. The normalized spacial score (nSPS) is 21.6. The van der Waals surface area contributed by atoms with Crippen molar-refractivity contribution < 1.29 is 4.79 Å². The number of thiazole rings is 1. The van der Waals surface area contributed by atoms with E-state index in [0.717, 1.165) is 10.7 Å². The zero-order valence-corrected chi connectivity index (χ0v) is 11.3. The van der Waals surface area contributed by atoms with E-state index in [0.29, 0.717) is 12.3 Å². The van der Waals surface area contributed by atoms with Crippen LogP contribution in [-0.2, 0) is 4.79 Å². The van der Waals surface area contributed by atoms with E-state index in [2.05, 4.69) is 11.1 Å². The van der Waals surface area contributed by atoms with E-state index in [9.17, 15) is 10.1 Å². The molecule has 0 saturated carbocycles. The first kappa shape index (κ1) is 12.4. The molecule has 0 bridgehead atoms. The molecule has 6 heteroatoms. The maximum Gasteiger partial charge on any atom is 0.233 e. The topological polar surface area (TPSA) is 57.0 Å². The van der Waals surface area contributed by atoms with Crippen molar-refractivity contribution >= 4 is 29.0 Å². The molecule has 4 nitrogen and oxygen atoms in total. The Bertz CT molecular complexity index is 466. The number of carbonyl (C=O) groups excluding carboxylic acids is 1. The summed E-state index contributed by atoms with van der Waals surface area (Å²) in [6, 6.07) is 2.29. The smallest absolute Gasteiger partial charge is 0.233 e. The molecule has 1 saturated heterocycles. The molecule has 1 fully saturated rings. The average Bonchev–Trinajstić information content (AvgIpc) is 2.88. The Balaban J connectivity index is 2.25. The van der Waals surface area contributed by atoms with Crippen LogP contribution in [0.3, 0.4) is 0 Å². The van der Waals surface area contributed by atoms with Crippen molar-refractivity contribution in [2.75, 3.05) is 12.3 Å². The number of aryl methyl sites for hydroxylation is 1. The van der Waals surface area contributed by atoms with Crippen LogP contribution in [0.1, 0.15) is 23.5 Å². The van der Waals surface area contributed by atoms with E-state index in [4.69, 9.17) is 0 Å². The van der Waals surface area contributed by atoms with Gasteiger partial charge < -0.3 is 4.90 Å². The number of likely N-dealkylation sites (N-methyl/N-ethyl adjacent to an activating group) is 1. The third-order valence-corrected chi connectivity index (χ3v) is 5.00. The van der Waals surface area contributed by atoms with Gasteiger partial charge in [-0.3, -0.25) is 4.79 Å². The number of hydrogen-bond donors (Lipinski definition) is 0. The molecule has 1 aromatic rings. The predicted molar refractivity (Wildman–Crippen MR) is 68.8 cm³/mol. The van der Waals surface area contributed by atoms with Crippen molar-refractivity contribution in [3.8, 4) is 6.07 Å². The summed E-state index contributed by atoms with van der Waals surface area (Å²) >= 11 is 3.04. The molecule has 17 heavy (non-hydrogen) atoms. The first-order valence-corrected chi connectivity index (χ1v) is 7.33. The van der Waals surface area contributed by atoms with Gasteiger partial charge in [-0.15, -0.1) is 23.1 Å². The van der Waals surface area contributed by atoms with Gasteiger partial charge in [0.2, 0.25) is 5.91 Å². The van der Waals surface area contributed by atoms with Crippen LogP contribution in [0.5, 0.6) is 0 Å². The van der Waals surface area contributed by atoms with Gasteiger partial charge in [0, 0.05) is 17.6 Å². The Morgan fingerprint density at radius 3 is 3.06 bits per heavy atom. The Labute approximate surface area is 109 Å². The molecule has 1 amide bonds. The molecule has 0 aromatic carbocycles. The van der Waals surface area contributed by atoms with Gasteiger partial charge in [-0.1, -0.05) is 0 Å². The van der Waals surface area contributed by atoms with Crippen molar-refractivity contribution in [2.45, 2.75) is 25.1 Å². The molecular weight excluding hydrogens is 254 g/mol. The number of aromatic nitrogens is 1. The molecule has 0 radical (unpaired) electrons. The van der Waals surface area contributed by atoms with Crippen LogP contribution in [0.25, 0.3) is 0 Å². The first-order chi connectivity index (χ1) is 8.17. The van der Waals surface area contributed by atoms with E-state index in [1.54, 1.807) is 16.7 Å². The maximum atomic E-state index is 11.7. The third kappa shape index (κ3) is 2.31. The molecule has 1 aliphatic rings. The maximum absolute atomic E-state index is 11.7. The fourth-order valence-corrected chi connectivity index (χ4v) is 4.12. The molecule has 0 N–H and O–H groups in total. The quantitative estimate of drug-likeness (QED) is 0.840. The summed E-state index contributed by atoms with van der Waals surface area (Å²) in [5, 5.41) is 12.0. The van der Waals surface area contributed by atoms with E-state index >= 15 is 0 Å². The summed E-state index contributed by atoms with van der Waals surface area (Å²) in [6.45, 7) is 4.51. The number of carbonyl (C=O) groups is 1. The van der Waals surface area contributed by atoms with Gasteiger partial charge >= 0.3 is 0 Å². The SMILES string of the molecule is CCN1C(=O)CS[C@H]1C(C#N)c1nc(C)cs1. The Kier molecular flexibility index (Phi) is 3.69. The highest BCUT2D eigenvalue weighted by atomic mass is 32.2. The monoisotopic (exact) mass is 267 g/mol. The van der Waals surface area contributed by atoms with Gasteiger partial charge in [-0.25, -0.2) is 4.98 Å². The van der Waals surface area contributed by atoms with Crippen molar-refractivity contribution in [1.29, 1.82) is 5.26 Å². The molecule has 2 atom stereocenters. The molecule has 0 aliphatic carbocycles. The lowest BCUT2D eigenvalue weighted by Gasteiger charge is -2.24. The van der Waals surface area contributed by atoms with Crippen molar-refractivity contribution in [1.82, 2.24) is 9.88 Å². The second kappa shape index (κ2) is 5.07. The van der Waals surface area contributed by atoms with Gasteiger partial charge in [0.1, 0.15) is 16.3 Å². The zero-order valence-electron chi connectivity index (χ0n) is 9.71. The molecule has 1 aromatic heterocycles. The molecule has 1 unspecified atom stereocenters. The van der Waals surface area contributed by atoms with E-state index in [-0.39, 0.29) is 17.2 Å². The highest BCUT2D eigenvalue weighted by Gasteiger charge is 2.38. The van der Waals surface area contributed by atoms with Gasteiger partial charge in [0.25, 0.3) is 0 Å². The van der Waals surface area contributed by atoms with Gasteiger partial charge in [-0.05, 0) is 13.8 Å². The number of thioether (sulfide) groups is 1. The molecule has 1 aliphatic heterocycles.